The molecule has 0 atom stereocenters. The molecule has 0 aromatic heterocycles. The fourth-order valence-electron chi connectivity index (χ4n) is 1.06. The first kappa shape index (κ1) is 71.7. The number of rotatable bonds is 0. The van der Waals surface area contributed by atoms with Gasteiger partial charge in [0.1, 0.15) is 0 Å². The molecule has 0 aliphatic carbocycles. The van der Waals surface area contributed by atoms with Gasteiger partial charge in [-0.2, -0.15) is 0 Å². The third-order valence-corrected chi connectivity index (χ3v) is 1.50. The largest absolute Gasteiger partial charge is 1.00 e. The minimum absolute atomic E-state index is 0. The molecule has 0 aromatic rings. The number of fused-ring (bicyclic) bond motifs is 2. The Labute approximate surface area is 184 Å². The maximum Gasteiger partial charge on any atom is 1.00 e. The molecular weight excluding hydrogens is 393 g/mol. The summed E-state index contributed by atoms with van der Waals surface area (Å²) in [5.74, 6) is 0. The second-order valence-corrected chi connectivity index (χ2v) is 2.50. The average molecular weight is 417 g/mol. The van der Waals surface area contributed by atoms with E-state index in [1.54, 1.807) is 0 Å². The normalized spacial score (nSPS) is 23.5. The van der Waals surface area contributed by atoms with Gasteiger partial charge in [-0.3, -0.25) is 0 Å². The average Bonchev–Trinajstić information content (AvgIpc) is 1.75. The van der Waals surface area contributed by atoms with Crippen LogP contribution in [-0.2, 0) is 22.9 Å². The van der Waals surface area contributed by atoms with Gasteiger partial charge in [0, 0.05) is 0 Å². The molecule has 2 heterocycles. The van der Waals surface area contributed by atoms with Gasteiger partial charge in [0.15, 0.2) is 0 Å². The van der Waals surface area contributed by atoms with Crippen LogP contribution in [0.25, 0.3) is 0 Å². The Hall–Kier alpha value is 1.50. The van der Waals surface area contributed by atoms with Gasteiger partial charge in [0.2, 0.25) is 0 Å². The molecule has 25 heavy (non-hydrogen) atoms. The van der Waals surface area contributed by atoms with Crippen LogP contribution in [0.3, 0.4) is 0 Å². The van der Waals surface area contributed by atoms with E-state index < -0.39 is 28.6 Å². The van der Waals surface area contributed by atoms with E-state index in [-0.39, 0.29) is 114 Å². The molecule has 2 saturated heterocycles. The summed E-state index contributed by atoms with van der Waals surface area (Å²) >= 11 is 0. The van der Waals surface area contributed by atoms with Gasteiger partial charge in [-0.05, 0) is 0 Å². The number of hydrogen-bond donors (Lipinski definition) is 4. The Bertz CT molecular complexity index is 195. The van der Waals surface area contributed by atoms with Crippen LogP contribution in [0.4, 0.5) is 0 Å². The van der Waals surface area contributed by atoms with E-state index in [2.05, 4.69) is 22.9 Å². The van der Waals surface area contributed by atoms with Crippen LogP contribution in [0, 0.1) is 0 Å². The van der Waals surface area contributed by atoms with Crippen molar-refractivity contribution in [1.29, 1.82) is 0 Å². The summed E-state index contributed by atoms with van der Waals surface area (Å²) in [5, 5.41) is 35.9. The van der Waals surface area contributed by atoms with Crippen LogP contribution in [0.2, 0.25) is 0 Å². The quantitative estimate of drug-likeness (QED) is 0.271. The Morgan fingerprint density at radius 3 is 0.800 bits per heavy atom. The van der Waals surface area contributed by atoms with Gasteiger partial charge in [-0.1, -0.05) is 0 Å². The van der Waals surface area contributed by atoms with Crippen molar-refractivity contribution in [2.24, 2.45) is 0 Å². The van der Waals surface area contributed by atoms with Crippen molar-refractivity contribution in [3.05, 3.63) is 0 Å². The first-order valence-electron chi connectivity index (χ1n) is 3.39. The molecule has 0 radical (unpaired) electrons. The van der Waals surface area contributed by atoms with Crippen molar-refractivity contribution in [2.45, 2.75) is 0 Å². The van der Waals surface area contributed by atoms with Crippen LogP contribution >= 0.6 is 0 Å². The predicted molar refractivity (Wildman–Crippen MR) is 73.5 cm³/mol. The number of hydrogen-bond acceptors (Lipinski definition) is 9. The SMILES string of the molecule is O.O.O.O.O.O.O.O.O.O.OB1O[B-]2(O)OB(O)O[B-](O)(O1)O2.[Na+].[Na+]. The third kappa shape index (κ3) is 18.6. The summed E-state index contributed by atoms with van der Waals surface area (Å²) in [6, 6.07) is 0. The molecule has 152 valence electrons. The Morgan fingerprint density at radius 1 is 0.480 bits per heavy atom. The topological polar surface area (TPSA) is 442 Å². The van der Waals surface area contributed by atoms with Crippen LogP contribution in [0.1, 0.15) is 0 Å². The van der Waals surface area contributed by atoms with E-state index in [1.807, 2.05) is 0 Å². The Morgan fingerprint density at radius 2 is 0.640 bits per heavy atom. The van der Waals surface area contributed by atoms with Gasteiger partial charge in [0.05, 0.1) is 0 Å². The first-order valence-corrected chi connectivity index (χ1v) is 3.39. The zero-order valence-corrected chi connectivity index (χ0v) is 17.1. The van der Waals surface area contributed by atoms with Crippen molar-refractivity contribution in [2.75, 3.05) is 0 Å². The van der Waals surface area contributed by atoms with Crippen molar-refractivity contribution in [3.63, 3.8) is 0 Å². The molecule has 0 spiro atoms. The summed E-state index contributed by atoms with van der Waals surface area (Å²) in [5.41, 5.74) is 0. The fraction of sp³-hybridized carbons (Fsp3) is 0. The molecular formula is H24B4Na2O19. The van der Waals surface area contributed by atoms with Crippen molar-refractivity contribution >= 4 is 28.6 Å². The summed E-state index contributed by atoms with van der Waals surface area (Å²) < 4.78 is 21.1. The van der Waals surface area contributed by atoms with Crippen LogP contribution in [-0.4, -0.2) is 103 Å². The maximum absolute atomic E-state index is 9.18. The summed E-state index contributed by atoms with van der Waals surface area (Å²) in [4.78, 5) is 0. The molecule has 0 amide bonds. The van der Waals surface area contributed by atoms with Gasteiger partial charge < -0.3 is 97.7 Å². The van der Waals surface area contributed by atoms with Crippen molar-refractivity contribution < 1.29 is 157 Å². The first-order chi connectivity index (χ1) is 5.91. The van der Waals surface area contributed by atoms with Crippen LogP contribution in [0.15, 0.2) is 0 Å². The molecule has 0 aromatic carbocycles. The minimum Gasteiger partial charge on any atom is -0.679 e. The second kappa shape index (κ2) is 25.5. The molecule has 2 aliphatic heterocycles. The fourth-order valence-corrected chi connectivity index (χ4v) is 1.06. The standard InChI is InChI=1S/B4H4O9.2Na.10H2O/c5-1-9-3(7)11-2(6)12-4(8,10-1)13-3;;;;;;;;;;;;/h5-8H;;;10*1H2/q-2;2*+1;;;;;;;;;;. The molecule has 2 rings (SSSR count). The predicted octanol–water partition coefficient (Wildman–Crippen LogP) is -18.3. The second-order valence-electron chi connectivity index (χ2n) is 2.50. The van der Waals surface area contributed by atoms with E-state index in [0.717, 1.165) is 0 Å². The van der Waals surface area contributed by atoms with Gasteiger partial charge in [-0.15, -0.1) is 0 Å². The molecule has 0 saturated carbocycles. The van der Waals surface area contributed by atoms with Gasteiger partial charge >= 0.3 is 87.7 Å². The summed E-state index contributed by atoms with van der Waals surface area (Å²) in [6.45, 7) is -6.90. The molecule has 19 nitrogen and oxygen atoms in total. The smallest absolute Gasteiger partial charge is 0.679 e. The molecule has 2 fully saturated rings. The molecule has 2 aliphatic rings. The van der Waals surface area contributed by atoms with E-state index in [4.69, 9.17) is 10.0 Å². The van der Waals surface area contributed by atoms with Crippen LogP contribution < -0.4 is 59.1 Å². The zero-order chi connectivity index (χ0) is 9.69. The maximum atomic E-state index is 9.18. The molecule has 25 heteroatoms. The Balaban J connectivity index is -0.0000000181. The zero-order valence-electron chi connectivity index (χ0n) is 13.1. The van der Waals surface area contributed by atoms with E-state index in [1.165, 1.54) is 0 Å². The summed E-state index contributed by atoms with van der Waals surface area (Å²) in [6.07, 6.45) is 0. The van der Waals surface area contributed by atoms with E-state index in [0.29, 0.717) is 0 Å². The summed E-state index contributed by atoms with van der Waals surface area (Å²) in [7, 11) is -3.92. The molecule has 24 N–H and O–H groups in total. The van der Waals surface area contributed by atoms with E-state index >= 15 is 0 Å². The van der Waals surface area contributed by atoms with Crippen LogP contribution in [0.5, 0.6) is 0 Å². The minimum atomic E-state index is -3.45. The van der Waals surface area contributed by atoms with Gasteiger partial charge in [-0.25, -0.2) is 0 Å². The van der Waals surface area contributed by atoms with Gasteiger partial charge in [0.25, 0.3) is 0 Å². The van der Waals surface area contributed by atoms with Crippen molar-refractivity contribution in [3.8, 4) is 0 Å². The Kier molecular flexibility index (Phi) is 73.2. The third-order valence-electron chi connectivity index (χ3n) is 1.50. The molecule has 0 unspecified atom stereocenters. The van der Waals surface area contributed by atoms with E-state index in [9.17, 15) is 10.0 Å². The van der Waals surface area contributed by atoms with Crippen molar-refractivity contribution in [1.82, 2.24) is 0 Å². The molecule has 2 bridgehead atoms. The monoisotopic (exact) mass is 418 g/mol.